The number of halogens is 2. The van der Waals surface area contributed by atoms with Crippen LogP contribution >= 0.6 is 23.2 Å². The topological polar surface area (TPSA) is 49.3 Å². The number of aliphatic hydroxyl groups excluding tert-OH is 1. The zero-order chi connectivity index (χ0) is 11.4. The lowest BCUT2D eigenvalue weighted by molar-refractivity contribution is -0.120. The summed E-state index contributed by atoms with van der Waals surface area (Å²) in [5, 5.41) is 12.6. The summed E-state index contributed by atoms with van der Waals surface area (Å²) < 4.78 is 0. The molecule has 5 heteroatoms. The number of aliphatic hydroxyl groups is 1. The second kappa shape index (κ2) is 5.35. The lowest BCUT2D eigenvalue weighted by Gasteiger charge is -2.16. The molecule has 82 valence electrons. The minimum atomic E-state index is -0.493. The van der Waals surface area contributed by atoms with E-state index in [2.05, 4.69) is 5.32 Å². The van der Waals surface area contributed by atoms with Gasteiger partial charge in [-0.3, -0.25) is 4.79 Å². The Hall–Kier alpha value is -0.770. The van der Waals surface area contributed by atoms with Crippen LogP contribution in [0.25, 0.3) is 0 Å². The van der Waals surface area contributed by atoms with Crippen molar-refractivity contribution in [2.24, 2.45) is 0 Å². The van der Waals surface area contributed by atoms with E-state index in [-0.39, 0.29) is 12.5 Å². The van der Waals surface area contributed by atoms with E-state index in [0.717, 1.165) is 0 Å². The normalized spacial score (nSPS) is 12.3. The van der Waals surface area contributed by atoms with E-state index >= 15 is 0 Å². The van der Waals surface area contributed by atoms with E-state index < -0.39 is 6.04 Å². The van der Waals surface area contributed by atoms with Crippen LogP contribution in [-0.4, -0.2) is 17.6 Å². The Labute approximate surface area is 98.0 Å². The van der Waals surface area contributed by atoms with Gasteiger partial charge >= 0.3 is 0 Å². The Kier molecular flexibility index (Phi) is 4.39. The fourth-order valence-electron chi connectivity index (χ4n) is 1.25. The van der Waals surface area contributed by atoms with Gasteiger partial charge in [0.1, 0.15) is 0 Å². The molecular weight excluding hydrogens is 237 g/mol. The molecule has 1 amide bonds. The van der Waals surface area contributed by atoms with Crippen LogP contribution in [-0.2, 0) is 4.79 Å². The molecule has 0 fully saturated rings. The Morgan fingerprint density at radius 3 is 2.67 bits per heavy atom. The van der Waals surface area contributed by atoms with E-state index in [9.17, 15) is 4.79 Å². The highest BCUT2D eigenvalue weighted by molar-refractivity contribution is 6.35. The van der Waals surface area contributed by atoms with Crippen molar-refractivity contribution < 1.29 is 9.90 Å². The minimum Gasteiger partial charge on any atom is -0.394 e. The highest BCUT2D eigenvalue weighted by Crippen LogP contribution is 2.25. The molecule has 0 heterocycles. The maximum absolute atomic E-state index is 10.9. The first kappa shape index (κ1) is 12.3. The highest BCUT2D eigenvalue weighted by Gasteiger charge is 2.14. The van der Waals surface area contributed by atoms with Crippen molar-refractivity contribution in [2.75, 3.05) is 6.61 Å². The second-order valence-corrected chi connectivity index (χ2v) is 3.95. The van der Waals surface area contributed by atoms with Crippen LogP contribution in [0.15, 0.2) is 18.2 Å². The maximum atomic E-state index is 10.9. The monoisotopic (exact) mass is 247 g/mol. The molecule has 0 aliphatic heterocycles. The van der Waals surface area contributed by atoms with Crippen LogP contribution in [0.1, 0.15) is 18.5 Å². The number of nitrogens with one attached hydrogen (secondary N) is 1. The molecule has 2 N–H and O–H groups in total. The van der Waals surface area contributed by atoms with Gasteiger partial charge in [0.15, 0.2) is 0 Å². The first-order valence-electron chi connectivity index (χ1n) is 4.37. The molecule has 1 atom stereocenters. The van der Waals surface area contributed by atoms with Crippen molar-refractivity contribution in [1.29, 1.82) is 0 Å². The molecule has 0 spiro atoms. The fraction of sp³-hybridized carbons (Fsp3) is 0.300. The molecule has 15 heavy (non-hydrogen) atoms. The van der Waals surface area contributed by atoms with Crippen molar-refractivity contribution in [3.8, 4) is 0 Å². The van der Waals surface area contributed by atoms with Crippen molar-refractivity contribution in [2.45, 2.75) is 13.0 Å². The number of rotatable bonds is 3. The highest BCUT2D eigenvalue weighted by atomic mass is 35.5. The summed E-state index contributed by atoms with van der Waals surface area (Å²) in [4.78, 5) is 10.9. The molecule has 0 bridgehead atoms. The molecule has 0 saturated carbocycles. The summed E-state index contributed by atoms with van der Waals surface area (Å²) >= 11 is 11.7. The van der Waals surface area contributed by atoms with Crippen LogP contribution in [0.2, 0.25) is 10.0 Å². The summed E-state index contributed by atoms with van der Waals surface area (Å²) in [7, 11) is 0. The summed E-state index contributed by atoms with van der Waals surface area (Å²) in [5.74, 6) is -0.222. The molecule has 0 radical (unpaired) electrons. The van der Waals surface area contributed by atoms with Gasteiger partial charge in [0, 0.05) is 17.0 Å². The molecular formula is C10H11Cl2NO2. The average Bonchev–Trinajstić information content (AvgIpc) is 2.14. The summed E-state index contributed by atoms with van der Waals surface area (Å²) in [6.45, 7) is 1.17. The first-order chi connectivity index (χ1) is 7.04. The van der Waals surface area contributed by atoms with Crippen molar-refractivity contribution in [1.82, 2.24) is 5.32 Å². The van der Waals surface area contributed by atoms with Gasteiger partial charge in [-0.05, 0) is 17.7 Å². The number of amides is 1. The van der Waals surface area contributed by atoms with Crippen LogP contribution < -0.4 is 5.32 Å². The SMILES string of the molecule is CC(=O)NC(CO)c1ccc(Cl)cc1Cl. The molecule has 0 aliphatic rings. The van der Waals surface area contributed by atoms with Crippen LogP contribution in [0.4, 0.5) is 0 Å². The van der Waals surface area contributed by atoms with Gasteiger partial charge in [-0.15, -0.1) is 0 Å². The van der Waals surface area contributed by atoms with E-state index in [1.165, 1.54) is 6.92 Å². The molecule has 3 nitrogen and oxygen atoms in total. The molecule has 0 aliphatic carbocycles. The smallest absolute Gasteiger partial charge is 0.217 e. The van der Waals surface area contributed by atoms with Gasteiger partial charge in [-0.25, -0.2) is 0 Å². The van der Waals surface area contributed by atoms with E-state index in [1.807, 2.05) is 0 Å². The number of hydrogen-bond acceptors (Lipinski definition) is 2. The molecule has 0 aromatic heterocycles. The number of hydrogen-bond donors (Lipinski definition) is 2. The lowest BCUT2D eigenvalue weighted by Crippen LogP contribution is -2.28. The van der Waals surface area contributed by atoms with E-state index in [4.69, 9.17) is 28.3 Å². The average molecular weight is 248 g/mol. The van der Waals surface area contributed by atoms with E-state index in [1.54, 1.807) is 18.2 Å². The van der Waals surface area contributed by atoms with Gasteiger partial charge in [0.25, 0.3) is 0 Å². The zero-order valence-electron chi connectivity index (χ0n) is 8.13. The first-order valence-corrected chi connectivity index (χ1v) is 5.13. The zero-order valence-corrected chi connectivity index (χ0v) is 9.64. The second-order valence-electron chi connectivity index (χ2n) is 3.10. The number of carbonyl (C=O) groups is 1. The van der Waals surface area contributed by atoms with Crippen LogP contribution in [0.3, 0.4) is 0 Å². The predicted octanol–water partition coefficient (Wildman–Crippen LogP) is 2.16. The molecule has 1 aromatic rings. The van der Waals surface area contributed by atoms with Gasteiger partial charge < -0.3 is 10.4 Å². The van der Waals surface area contributed by atoms with Crippen molar-refractivity contribution in [3.05, 3.63) is 33.8 Å². The third-order valence-corrected chi connectivity index (χ3v) is 2.46. The Bertz CT molecular complexity index is 368. The number of benzene rings is 1. The summed E-state index contributed by atoms with van der Waals surface area (Å²) in [5.41, 5.74) is 0.652. The van der Waals surface area contributed by atoms with Gasteiger partial charge in [-0.2, -0.15) is 0 Å². The predicted molar refractivity (Wildman–Crippen MR) is 60.1 cm³/mol. The molecule has 1 unspecified atom stereocenters. The quantitative estimate of drug-likeness (QED) is 0.861. The summed E-state index contributed by atoms with van der Waals surface area (Å²) in [6, 6.07) is 4.42. The van der Waals surface area contributed by atoms with Crippen LogP contribution in [0.5, 0.6) is 0 Å². The standard InChI is InChI=1S/C10H11Cl2NO2/c1-6(15)13-10(5-14)8-3-2-7(11)4-9(8)12/h2-4,10,14H,5H2,1H3,(H,13,15). The fourth-order valence-corrected chi connectivity index (χ4v) is 1.79. The molecule has 1 rings (SSSR count). The van der Waals surface area contributed by atoms with Crippen LogP contribution in [0, 0.1) is 0 Å². The Morgan fingerprint density at radius 1 is 1.53 bits per heavy atom. The Balaban J connectivity index is 2.96. The molecule has 1 aromatic carbocycles. The summed E-state index contributed by atoms with van der Waals surface area (Å²) in [6.07, 6.45) is 0. The van der Waals surface area contributed by atoms with Gasteiger partial charge in [-0.1, -0.05) is 29.3 Å². The Morgan fingerprint density at radius 2 is 2.20 bits per heavy atom. The molecule has 0 saturated heterocycles. The van der Waals surface area contributed by atoms with Crippen molar-refractivity contribution in [3.63, 3.8) is 0 Å². The largest absolute Gasteiger partial charge is 0.394 e. The maximum Gasteiger partial charge on any atom is 0.217 e. The minimum absolute atomic E-state index is 0.207. The van der Waals surface area contributed by atoms with Gasteiger partial charge in [0.05, 0.1) is 12.6 Å². The third-order valence-electron chi connectivity index (χ3n) is 1.90. The number of carbonyl (C=O) groups excluding carboxylic acids is 1. The third kappa shape index (κ3) is 3.38. The van der Waals surface area contributed by atoms with Gasteiger partial charge in [0.2, 0.25) is 5.91 Å². The van der Waals surface area contributed by atoms with E-state index in [0.29, 0.717) is 15.6 Å². The lowest BCUT2D eigenvalue weighted by atomic mass is 10.1. The van der Waals surface area contributed by atoms with Crippen molar-refractivity contribution >= 4 is 29.1 Å².